The van der Waals surface area contributed by atoms with Crippen molar-refractivity contribution in [2.45, 2.75) is 6.92 Å². The van der Waals surface area contributed by atoms with Gasteiger partial charge in [0.15, 0.2) is 10.7 Å². The van der Waals surface area contributed by atoms with Gasteiger partial charge < -0.3 is 4.42 Å². The normalized spacial score (nSPS) is 11.2. The predicted octanol–water partition coefficient (Wildman–Crippen LogP) is 4.49. The maximum atomic E-state index is 5.64. The molecule has 4 rings (SSSR count). The van der Waals surface area contributed by atoms with Crippen molar-refractivity contribution in [2.75, 3.05) is 5.32 Å². The zero-order valence-electron chi connectivity index (χ0n) is 10.8. The number of rotatable bonds is 2. The Morgan fingerprint density at radius 1 is 1.05 bits per heavy atom. The van der Waals surface area contributed by atoms with Gasteiger partial charge in [0.1, 0.15) is 5.52 Å². The van der Waals surface area contributed by atoms with Crippen LogP contribution in [0.25, 0.3) is 21.3 Å². The van der Waals surface area contributed by atoms with Gasteiger partial charge in [0.05, 0.1) is 10.2 Å². The first kappa shape index (κ1) is 11.4. The molecule has 0 bridgehead atoms. The zero-order valence-corrected chi connectivity index (χ0v) is 11.6. The van der Waals surface area contributed by atoms with Gasteiger partial charge in [-0.2, -0.15) is 4.98 Å². The molecule has 0 aliphatic rings. The molecule has 1 N–H and O–H groups in total. The lowest BCUT2D eigenvalue weighted by atomic mass is 10.2. The summed E-state index contributed by atoms with van der Waals surface area (Å²) in [6.45, 7) is 2.06. The summed E-state index contributed by atoms with van der Waals surface area (Å²) < 4.78 is 6.80. The molecule has 0 aliphatic carbocycles. The van der Waals surface area contributed by atoms with Crippen molar-refractivity contribution < 1.29 is 4.42 Å². The van der Waals surface area contributed by atoms with Crippen molar-refractivity contribution in [1.82, 2.24) is 9.97 Å². The number of nitrogens with one attached hydrogen (secondary N) is 1. The quantitative estimate of drug-likeness (QED) is 0.588. The van der Waals surface area contributed by atoms with Crippen LogP contribution in [-0.4, -0.2) is 9.97 Å². The highest BCUT2D eigenvalue weighted by atomic mass is 32.1. The minimum absolute atomic E-state index is 0.475. The van der Waals surface area contributed by atoms with Crippen LogP contribution in [0.5, 0.6) is 0 Å². The molecule has 2 heterocycles. The van der Waals surface area contributed by atoms with Gasteiger partial charge in [-0.15, -0.1) is 0 Å². The Morgan fingerprint density at radius 3 is 2.80 bits per heavy atom. The van der Waals surface area contributed by atoms with E-state index in [-0.39, 0.29) is 0 Å². The fourth-order valence-corrected chi connectivity index (χ4v) is 3.09. The fraction of sp³-hybridized carbons (Fsp3) is 0.0667. The molecular formula is C15H11N3OS. The molecule has 0 saturated heterocycles. The van der Waals surface area contributed by atoms with Crippen LogP contribution >= 0.6 is 11.3 Å². The molecule has 2 aromatic carbocycles. The smallest absolute Gasteiger partial charge is 0.302 e. The van der Waals surface area contributed by atoms with Gasteiger partial charge in [0.25, 0.3) is 0 Å². The molecule has 0 aliphatic heterocycles. The van der Waals surface area contributed by atoms with E-state index in [0.717, 1.165) is 26.4 Å². The van der Waals surface area contributed by atoms with Gasteiger partial charge in [0.2, 0.25) is 0 Å². The third-order valence-corrected chi connectivity index (χ3v) is 4.06. The number of hydrogen-bond donors (Lipinski definition) is 1. The number of fused-ring (bicyclic) bond motifs is 2. The van der Waals surface area contributed by atoms with E-state index in [1.54, 1.807) is 11.3 Å². The van der Waals surface area contributed by atoms with Crippen molar-refractivity contribution in [3.8, 4) is 0 Å². The minimum atomic E-state index is 0.475. The van der Waals surface area contributed by atoms with Crippen LogP contribution in [0.15, 0.2) is 46.9 Å². The van der Waals surface area contributed by atoms with E-state index in [1.807, 2.05) is 30.3 Å². The lowest BCUT2D eigenvalue weighted by Gasteiger charge is -1.93. The Hall–Kier alpha value is -2.40. The molecule has 0 amide bonds. The first-order valence-electron chi connectivity index (χ1n) is 6.28. The number of benzene rings is 2. The molecule has 4 aromatic rings. The fourth-order valence-electron chi connectivity index (χ4n) is 2.16. The molecular weight excluding hydrogens is 270 g/mol. The maximum absolute atomic E-state index is 5.64. The van der Waals surface area contributed by atoms with E-state index in [2.05, 4.69) is 34.3 Å². The maximum Gasteiger partial charge on any atom is 0.302 e. The molecule has 0 radical (unpaired) electrons. The second-order valence-corrected chi connectivity index (χ2v) is 5.58. The summed E-state index contributed by atoms with van der Waals surface area (Å²) in [4.78, 5) is 8.97. The number of anilines is 2. The lowest BCUT2D eigenvalue weighted by Crippen LogP contribution is -1.88. The average molecular weight is 281 g/mol. The number of aromatic nitrogens is 2. The van der Waals surface area contributed by atoms with Gasteiger partial charge in [-0.25, -0.2) is 4.98 Å². The SMILES string of the molecule is Cc1cccc2sc(Nc3nc4ccccc4o3)nc12. The number of nitrogens with zero attached hydrogens (tertiary/aromatic N) is 2. The Balaban J connectivity index is 1.74. The first-order chi connectivity index (χ1) is 9.79. The lowest BCUT2D eigenvalue weighted by molar-refractivity contribution is 0.623. The summed E-state index contributed by atoms with van der Waals surface area (Å²) >= 11 is 1.59. The standard InChI is InChI=1S/C15H11N3OS/c1-9-5-4-8-12-13(9)17-15(20-12)18-14-16-10-6-2-3-7-11(10)19-14/h2-8H,1H3,(H,16,17,18). The van der Waals surface area contributed by atoms with Gasteiger partial charge >= 0.3 is 6.01 Å². The Labute approximate surface area is 119 Å². The van der Waals surface area contributed by atoms with Crippen LogP contribution < -0.4 is 5.32 Å². The molecule has 0 atom stereocenters. The topological polar surface area (TPSA) is 51.0 Å². The number of para-hydroxylation sites is 3. The Morgan fingerprint density at radius 2 is 1.95 bits per heavy atom. The summed E-state index contributed by atoms with van der Waals surface area (Å²) in [5, 5.41) is 3.93. The van der Waals surface area contributed by atoms with Crippen molar-refractivity contribution in [2.24, 2.45) is 0 Å². The van der Waals surface area contributed by atoms with Gasteiger partial charge in [-0.1, -0.05) is 35.6 Å². The first-order valence-corrected chi connectivity index (χ1v) is 7.10. The Kier molecular flexibility index (Phi) is 2.47. The highest BCUT2D eigenvalue weighted by Gasteiger charge is 2.09. The second-order valence-electron chi connectivity index (χ2n) is 4.55. The van der Waals surface area contributed by atoms with Crippen LogP contribution in [0.4, 0.5) is 11.1 Å². The summed E-state index contributed by atoms with van der Waals surface area (Å²) in [5.41, 5.74) is 3.81. The van der Waals surface area contributed by atoms with E-state index in [4.69, 9.17) is 4.42 Å². The number of oxazole rings is 1. The van der Waals surface area contributed by atoms with Crippen LogP contribution in [0.1, 0.15) is 5.56 Å². The van der Waals surface area contributed by atoms with Crippen molar-refractivity contribution in [3.05, 3.63) is 48.0 Å². The van der Waals surface area contributed by atoms with Crippen LogP contribution in [0.2, 0.25) is 0 Å². The van der Waals surface area contributed by atoms with Crippen LogP contribution in [0.3, 0.4) is 0 Å². The van der Waals surface area contributed by atoms with Gasteiger partial charge in [0, 0.05) is 0 Å². The summed E-state index contributed by atoms with van der Waals surface area (Å²) in [6.07, 6.45) is 0. The molecule has 0 spiro atoms. The van der Waals surface area contributed by atoms with Gasteiger partial charge in [-0.3, -0.25) is 5.32 Å². The number of thiazole rings is 1. The monoisotopic (exact) mass is 281 g/mol. The highest BCUT2D eigenvalue weighted by Crippen LogP contribution is 2.30. The molecule has 98 valence electrons. The Bertz CT molecular complexity index is 877. The summed E-state index contributed by atoms with van der Waals surface area (Å²) in [7, 11) is 0. The highest BCUT2D eigenvalue weighted by molar-refractivity contribution is 7.22. The van der Waals surface area contributed by atoms with Crippen molar-refractivity contribution in [1.29, 1.82) is 0 Å². The molecule has 4 nitrogen and oxygen atoms in total. The van der Waals surface area contributed by atoms with Crippen molar-refractivity contribution >= 4 is 43.8 Å². The second kappa shape index (κ2) is 4.31. The average Bonchev–Trinajstić information content (AvgIpc) is 3.02. The van der Waals surface area contributed by atoms with Crippen LogP contribution in [0, 0.1) is 6.92 Å². The molecule has 0 unspecified atom stereocenters. The van der Waals surface area contributed by atoms with E-state index in [0.29, 0.717) is 6.01 Å². The molecule has 2 aromatic heterocycles. The number of hydrogen-bond acceptors (Lipinski definition) is 5. The van der Waals surface area contributed by atoms with E-state index in [9.17, 15) is 0 Å². The third kappa shape index (κ3) is 1.83. The van der Waals surface area contributed by atoms with Crippen molar-refractivity contribution in [3.63, 3.8) is 0 Å². The van der Waals surface area contributed by atoms with Gasteiger partial charge in [-0.05, 0) is 30.7 Å². The van der Waals surface area contributed by atoms with Crippen LogP contribution in [-0.2, 0) is 0 Å². The zero-order chi connectivity index (χ0) is 13.5. The minimum Gasteiger partial charge on any atom is -0.423 e. The largest absolute Gasteiger partial charge is 0.423 e. The molecule has 20 heavy (non-hydrogen) atoms. The van der Waals surface area contributed by atoms with E-state index >= 15 is 0 Å². The summed E-state index contributed by atoms with van der Waals surface area (Å²) in [5.74, 6) is 0. The van der Waals surface area contributed by atoms with E-state index in [1.165, 1.54) is 5.56 Å². The molecule has 5 heteroatoms. The summed E-state index contributed by atoms with van der Waals surface area (Å²) in [6, 6.07) is 14.3. The van der Waals surface area contributed by atoms with E-state index < -0.39 is 0 Å². The number of aryl methyl sites for hydroxylation is 1. The predicted molar refractivity (Wildman–Crippen MR) is 81.6 cm³/mol. The third-order valence-electron chi connectivity index (χ3n) is 3.13. The molecule has 0 fully saturated rings. The molecule has 0 saturated carbocycles.